The Balaban J connectivity index is 2.36. The number of hydrazine groups is 1. The molecule has 0 radical (unpaired) electrons. The first-order chi connectivity index (χ1) is 10.8. The molecule has 0 saturated heterocycles. The Morgan fingerprint density at radius 3 is 2.52 bits per heavy atom. The third kappa shape index (κ3) is 3.74. The average Bonchev–Trinajstić information content (AvgIpc) is 2.49. The fraction of sp³-hybridized carbons (Fsp3) is 0.0714. The lowest BCUT2D eigenvalue weighted by molar-refractivity contribution is 0.579. The van der Waals surface area contributed by atoms with Crippen molar-refractivity contribution in [3.05, 3.63) is 57.8 Å². The van der Waals surface area contributed by atoms with Crippen LogP contribution in [0.4, 0.5) is 10.1 Å². The minimum absolute atomic E-state index is 0.0798. The molecule has 0 aliphatic heterocycles. The predicted octanol–water partition coefficient (Wildman–Crippen LogP) is 3.33. The Bertz CT molecular complexity index is 897. The van der Waals surface area contributed by atoms with Crippen LogP contribution in [0.15, 0.2) is 41.3 Å². The van der Waals surface area contributed by atoms with Crippen molar-refractivity contribution < 1.29 is 12.8 Å². The quantitative estimate of drug-likeness (QED) is 0.834. The third-order valence-electron chi connectivity index (χ3n) is 2.92. The lowest BCUT2D eigenvalue weighted by Crippen LogP contribution is -2.39. The van der Waals surface area contributed by atoms with Crippen molar-refractivity contribution >= 4 is 38.9 Å². The number of hydrogen-bond donors (Lipinski definition) is 1. The van der Waals surface area contributed by atoms with Crippen molar-refractivity contribution in [1.29, 1.82) is 5.26 Å². The number of halogens is 3. The van der Waals surface area contributed by atoms with Crippen LogP contribution in [-0.4, -0.2) is 15.5 Å². The van der Waals surface area contributed by atoms with Gasteiger partial charge in [-0.25, -0.2) is 12.8 Å². The van der Waals surface area contributed by atoms with Gasteiger partial charge in [0.15, 0.2) is 0 Å². The Morgan fingerprint density at radius 1 is 1.22 bits per heavy atom. The molecule has 2 aromatic rings. The molecule has 2 rings (SSSR count). The number of nitriles is 1. The molecule has 120 valence electrons. The first-order valence-corrected chi connectivity index (χ1v) is 8.40. The van der Waals surface area contributed by atoms with E-state index in [2.05, 4.69) is 4.83 Å². The van der Waals surface area contributed by atoms with E-state index in [1.165, 1.54) is 37.4 Å². The molecule has 2 aromatic carbocycles. The minimum atomic E-state index is -3.98. The van der Waals surface area contributed by atoms with Gasteiger partial charge in [0.1, 0.15) is 17.4 Å². The van der Waals surface area contributed by atoms with Crippen LogP contribution in [0, 0.1) is 17.1 Å². The van der Waals surface area contributed by atoms with Gasteiger partial charge in [-0.2, -0.15) is 5.26 Å². The molecular weight excluding hydrogens is 364 g/mol. The summed E-state index contributed by atoms with van der Waals surface area (Å²) in [4.78, 5) is 2.11. The van der Waals surface area contributed by atoms with Crippen LogP contribution in [0.1, 0.15) is 5.56 Å². The summed E-state index contributed by atoms with van der Waals surface area (Å²) in [5.74, 6) is -0.745. The van der Waals surface area contributed by atoms with E-state index in [0.29, 0.717) is 0 Å². The minimum Gasteiger partial charge on any atom is -0.296 e. The topological polar surface area (TPSA) is 73.2 Å². The van der Waals surface area contributed by atoms with E-state index >= 15 is 0 Å². The van der Waals surface area contributed by atoms with E-state index in [9.17, 15) is 12.8 Å². The molecule has 9 heteroatoms. The largest absolute Gasteiger partial charge is 0.296 e. The first-order valence-electron chi connectivity index (χ1n) is 6.16. The molecule has 0 aliphatic carbocycles. The van der Waals surface area contributed by atoms with E-state index < -0.39 is 15.8 Å². The van der Waals surface area contributed by atoms with Gasteiger partial charge in [-0.05, 0) is 30.3 Å². The fourth-order valence-electron chi connectivity index (χ4n) is 1.83. The van der Waals surface area contributed by atoms with E-state index in [1.807, 2.05) is 0 Å². The zero-order valence-electron chi connectivity index (χ0n) is 11.7. The maximum absolute atomic E-state index is 13.6. The molecule has 0 amide bonds. The van der Waals surface area contributed by atoms with Gasteiger partial charge in [-0.3, -0.25) is 5.01 Å². The van der Waals surface area contributed by atoms with E-state index in [-0.39, 0.29) is 26.2 Å². The van der Waals surface area contributed by atoms with Gasteiger partial charge in [0, 0.05) is 7.05 Å². The summed E-state index contributed by atoms with van der Waals surface area (Å²) in [6.07, 6.45) is 0. The van der Waals surface area contributed by atoms with E-state index in [1.54, 1.807) is 6.07 Å². The molecule has 0 atom stereocenters. The molecule has 0 unspecified atom stereocenters. The van der Waals surface area contributed by atoms with Crippen molar-refractivity contribution in [3.63, 3.8) is 0 Å². The molecule has 23 heavy (non-hydrogen) atoms. The summed E-state index contributed by atoms with van der Waals surface area (Å²) < 4.78 is 38.3. The van der Waals surface area contributed by atoms with Crippen molar-refractivity contribution in [2.24, 2.45) is 0 Å². The number of nitrogens with one attached hydrogen (secondary N) is 1. The Hall–Kier alpha value is -1.85. The van der Waals surface area contributed by atoms with Crippen LogP contribution in [-0.2, 0) is 10.0 Å². The number of anilines is 1. The summed E-state index contributed by atoms with van der Waals surface area (Å²) >= 11 is 11.6. The van der Waals surface area contributed by atoms with Crippen LogP contribution in [0.2, 0.25) is 10.0 Å². The molecular formula is C14H10Cl2FN3O2S. The zero-order chi connectivity index (χ0) is 17.2. The zero-order valence-corrected chi connectivity index (χ0v) is 14.0. The summed E-state index contributed by atoms with van der Waals surface area (Å²) in [6.45, 7) is 0. The standard InChI is InChI=1S/C14H10Cl2FN3O2S/c1-20(14-4-2-3-13(17)10(14)8-18)19-23(21,22)9-5-6-11(15)12(16)7-9/h2-7,19H,1H3. The van der Waals surface area contributed by atoms with Gasteiger partial charge in [0.25, 0.3) is 10.0 Å². The molecule has 0 aromatic heterocycles. The molecule has 0 spiro atoms. The van der Waals surface area contributed by atoms with Crippen molar-refractivity contribution in [3.8, 4) is 6.07 Å². The molecule has 0 bridgehead atoms. The Labute approximate surface area is 142 Å². The van der Waals surface area contributed by atoms with Gasteiger partial charge in [-0.1, -0.05) is 29.3 Å². The molecule has 0 heterocycles. The highest BCUT2D eigenvalue weighted by molar-refractivity contribution is 7.89. The summed E-state index contributed by atoms with van der Waals surface area (Å²) in [6, 6.07) is 9.42. The van der Waals surface area contributed by atoms with Gasteiger partial charge in [-0.15, -0.1) is 4.83 Å². The van der Waals surface area contributed by atoms with Crippen molar-refractivity contribution in [2.75, 3.05) is 12.1 Å². The van der Waals surface area contributed by atoms with Crippen LogP contribution < -0.4 is 9.84 Å². The molecule has 5 nitrogen and oxygen atoms in total. The van der Waals surface area contributed by atoms with Crippen LogP contribution in [0.25, 0.3) is 0 Å². The smallest absolute Gasteiger partial charge is 0.257 e. The average molecular weight is 374 g/mol. The maximum Gasteiger partial charge on any atom is 0.257 e. The highest BCUT2D eigenvalue weighted by Gasteiger charge is 2.20. The molecule has 0 aliphatic rings. The number of rotatable bonds is 4. The summed E-state index contributed by atoms with van der Waals surface area (Å²) in [5.41, 5.74) is -0.192. The van der Waals surface area contributed by atoms with Crippen LogP contribution >= 0.6 is 23.2 Å². The maximum atomic E-state index is 13.6. The molecule has 1 N–H and O–H groups in total. The number of nitrogens with zero attached hydrogens (tertiary/aromatic N) is 2. The normalized spacial score (nSPS) is 11.1. The second kappa shape index (κ2) is 6.72. The Kier molecular flexibility index (Phi) is 5.12. The second-order valence-corrected chi connectivity index (χ2v) is 6.95. The van der Waals surface area contributed by atoms with E-state index in [0.717, 1.165) is 11.1 Å². The number of sulfonamides is 1. The SMILES string of the molecule is CN(NS(=O)(=O)c1ccc(Cl)c(Cl)c1)c1cccc(F)c1C#N. The molecule has 0 fully saturated rings. The lowest BCUT2D eigenvalue weighted by Gasteiger charge is -2.21. The summed E-state index contributed by atoms with van der Waals surface area (Å²) in [5, 5.41) is 10.3. The number of benzene rings is 2. The second-order valence-electron chi connectivity index (χ2n) is 4.48. The van der Waals surface area contributed by atoms with Crippen molar-refractivity contribution in [1.82, 2.24) is 4.83 Å². The first kappa shape index (κ1) is 17.5. The monoisotopic (exact) mass is 373 g/mol. The van der Waals surface area contributed by atoms with E-state index in [4.69, 9.17) is 28.5 Å². The van der Waals surface area contributed by atoms with Crippen molar-refractivity contribution in [2.45, 2.75) is 4.90 Å². The van der Waals surface area contributed by atoms with Crippen LogP contribution in [0.5, 0.6) is 0 Å². The highest BCUT2D eigenvalue weighted by Crippen LogP contribution is 2.26. The van der Waals surface area contributed by atoms with Gasteiger partial charge in [0.2, 0.25) is 0 Å². The van der Waals surface area contributed by atoms with Gasteiger partial charge >= 0.3 is 0 Å². The van der Waals surface area contributed by atoms with Gasteiger partial charge in [0.05, 0.1) is 20.6 Å². The van der Waals surface area contributed by atoms with Crippen LogP contribution in [0.3, 0.4) is 0 Å². The Morgan fingerprint density at radius 2 is 1.91 bits per heavy atom. The van der Waals surface area contributed by atoms with Gasteiger partial charge < -0.3 is 0 Å². The molecule has 0 saturated carbocycles. The fourth-order valence-corrected chi connectivity index (χ4v) is 3.28. The lowest BCUT2D eigenvalue weighted by atomic mass is 10.2. The summed E-state index contributed by atoms with van der Waals surface area (Å²) in [7, 11) is -2.63. The third-order valence-corrected chi connectivity index (χ3v) is 5.05. The highest BCUT2D eigenvalue weighted by atomic mass is 35.5. The number of hydrogen-bond acceptors (Lipinski definition) is 4. The predicted molar refractivity (Wildman–Crippen MR) is 86.3 cm³/mol.